The number of hydrogen-bond acceptors (Lipinski definition) is 4. The standard InChI is InChI=1S/C8H7F3N4O/c1-5-12-13-7(16-5)4-15-3-2-6(14-15)8(9,10)11/h2-3H,4H2,1H3. The molecule has 0 saturated heterocycles. The third kappa shape index (κ3) is 2.20. The highest BCUT2D eigenvalue weighted by Gasteiger charge is 2.33. The second kappa shape index (κ2) is 3.62. The van der Waals surface area contributed by atoms with Gasteiger partial charge in [0.25, 0.3) is 0 Å². The van der Waals surface area contributed by atoms with Crippen LogP contribution in [0.3, 0.4) is 0 Å². The number of rotatable bonds is 2. The maximum absolute atomic E-state index is 12.2. The molecule has 86 valence electrons. The highest BCUT2D eigenvalue weighted by molar-refractivity contribution is 5.03. The van der Waals surface area contributed by atoms with Gasteiger partial charge in [0.1, 0.15) is 6.54 Å². The Morgan fingerprint density at radius 2 is 2.12 bits per heavy atom. The van der Waals surface area contributed by atoms with Crippen molar-refractivity contribution in [1.29, 1.82) is 0 Å². The van der Waals surface area contributed by atoms with E-state index in [1.54, 1.807) is 6.92 Å². The molecule has 2 aromatic heterocycles. The first-order chi connectivity index (χ1) is 7.45. The Morgan fingerprint density at radius 3 is 2.62 bits per heavy atom. The maximum atomic E-state index is 12.2. The molecule has 0 atom stereocenters. The van der Waals surface area contributed by atoms with Crippen LogP contribution in [0.2, 0.25) is 0 Å². The van der Waals surface area contributed by atoms with E-state index in [-0.39, 0.29) is 12.4 Å². The molecule has 0 N–H and O–H groups in total. The third-order valence-corrected chi connectivity index (χ3v) is 1.80. The lowest BCUT2D eigenvalue weighted by atomic mass is 10.4. The van der Waals surface area contributed by atoms with Crippen molar-refractivity contribution in [3.63, 3.8) is 0 Å². The number of halogens is 3. The fourth-order valence-corrected chi connectivity index (χ4v) is 1.14. The summed E-state index contributed by atoms with van der Waals surface area (Å²) in [7, 11) is 0. The minimum atomic E-state index is -4.43. The lowest BCUT2D eigenvalue weighted by Gasteiger charge is -2.00. The minimum Gasteiger partial charge on any atom is -0.424 e. The smallest absolute Gasteiger partial charge is 0.424 e. The van der Waals surface area contributed by atoms with Crippen molar-refractivity contribution in [2.45, 2.75) is 19.6 Å². The van der Waals surface area contributed by atoms with Crippen LogP contribution < -0.4 is 0 Å². The van der Waals surface area contributed by atoms with Crippen molar-refractivity contribution in [1.82, 2.24) is 20.0 Å². The molecule has 0 saturated carbocycles. The van der Waals surface area contributed by atoms with Crippen LogP contribution in [-0.4, -0.2) is 20.0 Å². The van der Waals surface area contributed by atoms with Gasteiger partial charge in [0.2, 0.25) is 11.8 Å². The van der Waals surface area contributed by atoms with Crippen LogP contribution in [0.1, 0.15) is 17.5 Å². The van der Waals surface area contributed by atoms with Gasteiger partial charge in [0, 0.05) is 13.1 Å². The van der Waals surface area contributed by atoms with Crippen LogP contribution in [0, 0.1) is 6.92 Å². The molecule has 0 fully saturated rings. The van der Waals surface area contributed by atoms with Gasteiger partial charge in [-0.05, 0) is 6.07 Å². The molecule has 0 aromatic carbocycles. The zero-order valence-corrected chi connectivity index (χ0v) is 8.19. The predicted molar refractivity (Wildman–Crippen MR) is 45.4 cm³/mol. The maximum Gasteiger partial charge on any atom is 0.435 e. The molecule has 0 amide bonds. The summed E-state index contributed by atoms with van der Waals surface area (Å²) in [4.78, 5) is 0. The molecule has 8 heteroatoms. The van der Waals surface area contributed by atoms with E-state index in [9.17, 15) is 13.2 Å². The Kier molecular flexibility index (Phi) is 2.41. The van der Waals surface area contributed by atoms with Crippen molar-refractivity contribution < 1.29 is 17.6 Å². The topological polar surface area (TPSA) is 56.7 Å². The van der Waals surface area contributed by atoms with Gasteiger partial charge in [-0.3, -0.25) is 4.68 Å². The quantitative estimate of drug-likeness (QED) is 0.789. The van der Waals surface area contributed by atoms with Crippen LogP contribution in [0.4, 0.5) is 13.2 Å². The summed E-state index contributed by atoms with van der Waals surface area (Å²) in [6.07, 6.45) is -3.22. The zero-order valence-electron chi connectivity index (χ0n) is 8.19. The van der Waals surface area contributed by atoms with Gasteiger partial charge in [-0.1, -0.05) is 0 Å². The van der Waals surface area contributed by atoms with Crippen LogP contribution in [0.25, 0.3) is 0 Å². The molecule has 0 bridgehead atoms. The van der Waals surface area contributed by atoms with Gasteiger partial charge in [0.15, 0.2) is 5.69 Å². The van der Waals surface area contributed by atoms with E-state index in [1.165, 1.54) is 6.20 Å². The highest BCUT2D eigenvalue weighted by Crippen LogP contribution is 2.27. The third-order valence-electron chi connectivity index (χ3n) is 1.80. The number of aryl methyl sites for hydroxylation is 1. The van der Waals surface area contributed by atoms with Gasteiger partial charge in [-0.25, -0.2) is 0 Å². The molecular weight excluding hydrogens is 225 g/mol. The normalized spacial score (nSPS) is 12.0. The molecule has 0 aliphatic rings. The summed E-state index contributed by atoms with van der Waals surface area (Å²) in [6.45, 7) is 1.62. The van der Waals surface area contributed by atoms with Crippen molar-refractivity contribution in [3.05, 3.63) is 29.7 Å². The fourth-order valence-electron chi connectivity index (χ4n) is 1.14. The van der Waals surface area contributed by atoms with E-state index in [4.69, 9.17) is 4.42 Å². The molecule has 5 nitrogen and oxygen atoms in total. The fraction of sp³-hybridized carbons (Fsp3) is 0.375. The van der Waals surface area contributed by atoms with E-state index in [2.05, 4.69) is 15.3 Å². The lowest BCUT2D eigenvalue weighted by Crippen LogP contribution is -2.08. The molecular formula is C8H7F3N4O. The van der Waals surface area contributed by atoms with Crippen molar-refractivity contribution in [2.75, 3.05) is 0 Å². The van der Waals surface area contributed by atoms with Crippen LogP contribution >= 0.6 is 0 Å². The van der Waals surface area contributed by atoms with Crippen LogP contribution in [-0.2, 0) is 12.7 Å². The van der Waals surface area contributed by atoms with Crippen LogP contribution in [0.15, 0.2) is 16.7 Å². The summed E-state index contributed by atoms with van der Waals surface area (Å²) in [5, 5.41) is 10.6. The van der Waals surface area contributed by atoms with E-state index in [1.807, 2.05) is 0 Å². The van der Waals surface area contributed by atoms with Crippen molar-refractivity contribution >= 4 is 0 Å². The molecule has 0 aliphatic carbocycles. The number of nitrogens with zero attached hydrogens (tertiary/aromatic N) is 4. The van der Waals surface area contributed by atoms with E-state index < -0.39 is 11.9 Å². The second-order valence-corrected chi connectivity index (χ2v) is 3.11. The summed E-state index contributed by atoms with van der Waals surface area (Å²) in [5.74, 6) is 0.576. The van der Waals surface area contributed by atoms with Crippen molar-refractivity contribution in [3.8, 4) is 0 Å². The Hall–Kier alpha value is -1.86. The number of aromatic nitrogens is 4. The van der Waals surface area contributed by atoms with Gasteiger partial charge >= 0.3 is 6.18 Å². The molecule has 2 heterocycles. The molecule has 16 heavy (non-hydrogen) atoms. The Balaban J connectivity index is 2.14. The first-order valence-electron chi connectivity index (χ1n) is 4.35. The summed E-state index contributed by atoms with van der Waals surface area (Å²) < 4.78 is 42.8. The molecule has 0 aliphatic heterocycles. The average molecular weight is 232 g/mol. The summed E-state index contributed by atoms with van der Waals surface area (Å²) in [6, 6.07) is 0.892. The molecule has 0 spiro atoms. The Bertz CT molecular complexity index is 487. The molecule has 2 aromatic rings. The van der Waals surface area contributed by atoms with Crippen LogP contribution in [0.5, 0.6) is 0 Å². The molecule has 0 unspecified atom stereocenters. The van der Waals surface area contributed by atoms with Gasteiger partial charge in [-0.2, -0.15) is 18.3 Å². The molecule has 2 rings (SSSR count). The Morgan fingerprint density at radius 1 is 1.38 bits per heavy atom. The number of alkyl halides is 3. The minimum absolute atomic E-state index is 0.0247. The zero-order chi connectivity index (χ0) is 11.8. The number of hydrogen-bond donors (Lipinski definition) is 0. The first kappa shape index (κ1) is 10.7. The van der Waals surface area contributed by atoms with Gasteiger partial charge < -0.3 is 4.42 Å². The lowest BCUT2D eigenvalue weighted by molar-refractivity contribution is -0.141. The summed E-state index contributed by atoms with van der Waals surface area (Å²) in [5.41, 5.74) is -0.941. The monoisotopic (exact) mass is 232 g/mol. The van der Waals surface area contributed by atoms with E-state index >= 15 is 0 Å². The summed E-state index contributed by atoms with van der Waals surface area (Å²) >= 11 is 0. The Labute approximate surface area is 87.9 Å². The largest absolute Gasteiger partial charge is 0.435 e. The SMILES string of the molecule is Cc1nnc(Cn2ccc(C(F)(F)F)n2)o1. The van der Waals surface area contributed by atoms with E-state index in [0.29, 0.717) is 5.89 Å². The van der Waals surface area contributed by atoms with Gasteiger partial charge in [-0.15, -0.1) is 10.2 Å². The van der Waals surface area contributed by atoms with E-state index in [0.717, 1.165) is 10.7 Å². The first-order valence-corrected chi connectivity index (χ1v) is 4.35. The molecule has 0 radical (unpaired) electrons. The van der Waals surface area contributed by atoms with Gasteiger partial charge in [0.05, 0.1) is 0 Å². The second-order valence-electron chi connectivity index (χ2n) is 3.11. The highest BCUT2D eigenvalue weighted by atomic mass is 19.4. The average Bonchev–Trinajstić information content (AvgIpc) is 2.74. The van der Waals surface area contributed by atoms with Crippen molar-refractivity contribution in [2.24, 2.45) is 0 Å². The predicted octanol–water partition coefficient (Wildman–Crippen LogP) is 1.64.